The van der Waals surface area contributed by atoms with Crippen LogP contribution in [0.1, 0.15) is 43.7 Å². The van der Waals surface area contributed by atoms with Crippen molar-refractivity contribution >= 4 is 28.5 Å². The van der Waals surface area contributed by atoms with Gasteiger partial charge in [0.15, 0.2) is 5.88 Å². The van der Waals surface area contributed by atoms with Gasteiger partial charge in [0, 0.05) is 41.9 Å². The van der Waals surface area contributed by atoms with Crippen molar-refractivity contribution in [2.45, 2.75) is 44.8 Å². The Morgan fingerprint density at radius 1 is 1.21 bits per heavy atom. The lowest BCUT2D eigenvalue weighted by molar-refractivity contribution is -0.136. The molecule has 0 aliphatic carbocycles. The maximum absolute atomic E-state index is 13.7. The summed E-state index contributed by atoms with van der Waals surface area (Å²) in [5.41, 5.74) is 0.647. The number of likely N-dealkylation sites (tertiary alicyclic amines) is 1. The summed E-state index contributed by atoms with van der Waals surface area (Å²) < 4.78 is 41.2. The van der Waals surface area contributed by atoms with E-state index in [1.54, 1.807) is 12.1 Å². The molecule has 1 atom stereocenters. The number of nitrogens with zero attached hydrogens (tertiary/aromatic N) is 2. The highest BCUT2D eigenvalue weighted by molar-refractivity contribution is 6.02. The van der Waals surface area contributed by atoms with Crippen molar-refractivity contribution in [3.8, 4) is 5.88 Å². The smallest absolute Gasteiger partial charge is 0.418 e. The van der Waals surface area contributed by atoms with Crippen LogP contribution in [0.3, 0.4) is 0 Å². The minimum absolute atomic E-state index is 0.0584. The van der Waals surface area contributed by atoms with Crippen LogP contribution in [-0.4, -0.2) is 46.9 Å². The topological polar surface area (TPSA) is 63.6 Å². The number of para-hydroxylation sites is 1. The molecule has 1 aromatic heterocycles. The molecule has 1 unspecified atom stereocenters. The predicted molar refractivity (Wildman–Crippen MR) is 127 cm³/mol. The molecule has 2 heterocycles. The molecule has 4 rings (SSSR count). The van der Waals surface area contributed by atoms with E-state index in [2.05, 4.69) is 27.1 Å². The van der Waals surface area contributed by atoms with Gasteiger partial charge < -0.3 is 20.3 Å². The summed E-state index contributed by atoms with van der Waals surface area (Å²) in [5.74, 6) is -0.0719. The number of hydrogen-bond donors (Lipinski definition) is 3. The molecular weight excluding hydrogens is 429 g/mol. The second-order valence-corrected chi connectivity index (χ2v) is 8.58. The minimum Gasteiger partial charge on any atom is -0.494 e. The summed E-state index contributed by atoms with van der Waals surface area (Å²) in [6, 6.07) is 11.8. The fourth-order valence-corrected chi connectivity index (χ4v) is 4.42. The first-order chi connectivity index (χ1) is 15.8. The fraction of sp³-hybridized carbons (Fsp3) is 0.400. The molecule has 0 radical (unpaired) electrons. The quantitative estimate of drug-likeness (QED) is 0.287. The molecule has 0 spiro atoms. The lowest BCUT2D eigenvalue weighted by Gasteiger charge is -2.33. The summed E-state index contributed by atoms with van der Waals surface area (Å²) in [7, 11) is 0. The summed E-state index contributed by atoms with van der Waals surface area (Å²) >= 11 is 0. The Bertz CT molecular complexity index is 1120. The number of rotatable bonds is 7. The van der Waals surface area contributed by atoms with Crippen LogP contribution in [0.25, 0.3) is 10.9 Å². The van der Waals surface area contributed by atoms with Gasteiger partial charge in [-0.05, 0) is 57.0 Å². The van der Waals surface area contributed by atoms with Crippen LogP contribution < -0.4 is 5.32 Å². The molecule has 5 nitrogen and oxygen atoms in total. The average molecular weight is 459 g/mol. The zero-order chi connectivity index (χ0) is 23.4. The number of aromatic hydroxyl groups is 1. The number of anilines is 1. The Morgan fingerprint density at radius 3 is 2.82 bits per heavy atom. The third-order valence-corrected chi connectivity index (χ3v) is 6.25. The number of aromatic nitrogens is 1. The van der Waals surface area contributed by atoms with Crippen LogP contribution in [0, 0.1) is 0 Å². The summed E-state index contributed by atoms with van der Waals surface area (Å²) in [5, 5.41) is 13.8. The second kappa shape index (κ2) is 9.87. The zero-order valence-corrected chi connectivity index (χ0v) is 18.6. The number of hydrogen-bond acceptors (Lipinski definition) is 4. The van der Waals surface area contributed by atoms with Gasteiger partial charge in [-0.3, -0.25) is 4.99 Å². The summed E-state index contributed by atoms with van der Waals surface area (Å²) in [6.45, 7) is 4.63. The van der Waals surface area contributed by atoms with Gasteiger partial charge in [0.2, 0.25) is 0 Å². The maximum atomic E-state index is 13.7. The monoisotopic (exact) mass is 458 g/mol. The van der Waals surface area contributed by atoms with Gasteiger partial charge in [0.1, 0.15) is 0 Å². The number of H-pyrrole nitrogens is 1. The van der Waals surface area contributed by atoms with E-state index in [1.165, 1.54) is 31.5 Å². The predicted octanol–water partition coefficient (Wildman–Crippen LogP) is 6.32. The number of alkyl halides is 3. The summed E-state index contributed by atoms with van der Waals surface area (Å²) in [4.78, 5) is 9.45. The molecule has 3 aromatic rings. The van der Waals surface area contributed by atoms with Crippen LogP contribution in [-0.2, 0) is 6.18 Å². The Balaban J connectivity index is 1.46. The first-order valence-electron chi connectivity index (χ1n) is 11.4. The Hall–Kier alpha value is -3.00. The van der Waals surface area contributed by atoms with Crippen LogP contribution in [0.2, 0.25) is 0 Å². The maximum Gasteiger partial charge on any atom is 0.418 e. The van der Waals surface area contributed by atoms with Crippen molar-refractivity contribution < 1.29 is 18.3 Å². The van der Waals surface area contributed by atoms with E-state index in [1.807, 2.05) is 18.2 Å². The van der Waals surface area contributed by atoms with E-state index >= 15 is 0 Å². The normalized spacial score (nSPS) is 17.8. The van der Waals surface area contributed by atoms with Gasteiger partial charge >= 0.3 is 6.18 Å². The molecule has 1 saturated heterocycles. The fourth-order valence-electron chi connectivity index (χ4n) is 4.42. The lowest BCUT2D eigenvalue weighted by atomic mass is 10.0. The first-order valence-corrected chi connectivity index (χ1v) is 11.4. The zero-order valence-electron chi connectivity index (χ0n) is 18.6. The van der Waals surface area contributed by atoms with Crippen LogP contribution in [0.4, 0.5) is 24.5 Å². The number of aromatic amines is 1. The molecule has 33 heavy (non-hydrogen) atoms. The van der Waals surface area contributed by atoms with E-state index < -0.39 is 11.7 Å². The van der Waals surface area contributed by atoms with Crippen LogP contribution >= 0.6 is 0 Å². The highest BCUT2D eigenvalue weighted by Gasteiger charge is 2.33. The molecule has 0 amide bonds. The van der Waals surface area contributed by atoms with Crippen molar-refractivity contribution in [2.24, 2.45) is 4.99 Å². The van der Waals surface area contributed by atoms with Gasteiger partial charge in [-0.25, -0.2) is 0 Å². The molecule has 1 fully saturated rings. The van der Waals surface area contributed by atoms with E-state index in [0.717, 1.165) is 36.5 Å². The Morgan fingerprint density at radius 2 is 2.03 bits per heavy atom. The number of fused-ring (bicyclic) bond motifs is 1. The Labute approximate surface area is 191 Å². The van der Waals surface area contributed by atoms with Crippen LogP contribution in [0.15, 0.2) is 47.5 Å². The highest BCUT2D eigenvalue weighted by Crippen LogP contribution is 2.37. The molecule has 1 aliphatic rings. The van der Waals surface area contributed by atoms with Crippen molar-refractivity contribution in [1.82, 2.24) is 9.88 Å². The molecule has 1 aliphatic heterocycles. The van der Waals surface area contributed by atoms with Gasteiger partial charge in [-0.15, -0.1) is 0 Å². The van der Waals surface area contributed by atoms with Gasteiger partial charge in [0.05, 0.1) is 16.8 Å². The van der Waals surface area contributed by atoms with Crippen LogP contribution in [0.5, 0.6) is 5.88 Å². The SMILES string of the molecule is CC1CCCCN1CCCNc1ccc(N=Cc2c(O)[nH]c3ccccc23)cc1C(F)(F)F. The standard InChI is InChI=1S/C25H29F3N4O/c1-17-7-4-5-13-32(17)14-6-12-29-23-11-10-18(15-21(23)25(26,27)28)30-16-20-19-8-2-3-9-22(19)31-24(20)33/h2-3,8-11,15-17,29,31,33H,4-7,12-14H2,1H3. The van der Waals surface area contributed by atoms with Gasteiger partial charge in [-0.1, -0.05) is 24.6 Å². The van der Waals surface area contributed by atoms with E-state index in [4.69, 9.17) is 0 Å². The van der Waals surface area contributed by atoms with E-state index in [0.29, 0.717) is 18.2 Å². The van der Waals surface area contributed by atoms with Crippen molar-refractivity contribution in [2.75, 3.05) is 25.0 Å². The number of piperidine rings is 1. The molecule has 2 aromatic carbocycles. The average Bonchev–Trinajstić information content (AvgIpc) is 3.11. The molecule has 176 valence electrons. The van der Waals surface area contributed by atoms with E-state index in [9.17, 15) is 18.3 Å². The largest absolute Gasteiger partial charge is 0.494 e. The molecule has 8 heteroatoms. The van der Waals surface area contributed by atoms with Crippen molar-refractivity contribution in [1.29, 1.82) is 0 Å². The Kier molecular flexibility index (Phi) is 6.93. The summed E-state index contributed by atoms with van der Waals surface area (Å²) in [6.07, 6.45) is 1.29. The van der Waals surface area contributed by atoms with Crippen molar-refractivity contribution in [3.63, 3.8) is 0 Å². The van der Waals surface area contributed by atoms with Crippen molar-refractivity contribution in [3.05, 3.63) is 53.6 Å². The number of nitrogens with one attached hydrogen (secondary N) is 2. The number of aliphatic imine (C=N–C) groups is 1. The molecular formula is C25H29F3N4O. The van der Waals surface area contributed by atoms with E-state index in [-0.39, 0.29) is 17.3 Å². The molecule has 0 bridgehead atoms. The third kappa shape index (κ3) is 5.50. The number of halogens is 3. The second-order valence-electron chi connectivity index (χ2n) is 8.58. The third-order valence-electron chi connectivity index (χ3n) is 6.25. The first kappa shape index (κ1) is 23.2. The van der Waals surface area contributed by atoms with Gasteiger partial charge in [-0.2, -0.15) is 13.2 Å². The number of benzene rings is 2. The molecule has 0 saturated carbocycles. The highest BCUT2D eigenvalue weighted by atomic mass is 19.4. The minimum atomic E-state index is -4.50. The molecule has 3 N–H and O–H groups in total. The van der Waals surface area contributed by atoms with Gasteiger partial charge in [0.25, 0.3) is 0 Å². The lowest BCUT2D eigenvalue weighted by Crippen LogP contribution is -2.38.